The van der Waals surface area contributed by atoms with Crippen molar-refractivity contribution >= 4 is 12.1 Å². The molecule has 0 unspecified atom stereocenters. The highest BCUT2D eigenvalue weighted by atomic mass is 16.7. The van der Waals surface area contributed by atoms with Crippen molar-refractivity contribution in [2.24, 2.45) is 5.92 Å². The molecule has 0 aromatic heterocycles. The second-order valence-electron chi connectivity index (χ2n) is 8.23. The Bertz CT molecular complexity index is 645. The monoisotopic (exact) mass is 375 g/mol. The molecule has 148 valence electrons. The summed E-state index contributed by atoms with van der Waals surface area (Å²) in [6.07, 6.45) is -0.226. The van der Waals surface area contributed by atoms with E-state index in [0.717, 1.165) is 32.7 Å². The van der Waals surface area contributed by atoms with Gasteiger partial charge in [-0.15, -0.1) is 5.06 Å². The van der Waals surface area contributed by atoms with Crippen molar-refractivity contribution in [3.8, 4) is 0 Å². The number of hydroxylamine groups is 2. The fourth-order valence-electron chi connectivity index (χ4n) is 3.27. The summed E-state index contributed by atoms with van der Waals surface area (Å²) in [4.78, 5) is 33.7. The zero-order valence-corrected chi connectivity index (χ0v) is 16.4. The molecule has 2 aliphatic heterocycles. The van der Waals surface area contributed by atoms with E-state index in [1.807, 2.05) is 39.0 Å². The highest BCUT2D eigenvalue weighted by molar-refractivity contribution is 5.89. The first kappa shape index (κ1) is 19.6. The van der Waals surface area contributed by atoms with Gasteiger partial charge >= 0.3 is 12.1 Å². The second kappa shape index (κ2) is 8.27. The summed E-state index contributed by atoms with van der Waals surface area (Å²) >= 11 is 0. The zero-order chi connectivity index (χ0) is 19.4. The Labute approximate surface area is 160 Å². The van der Waals surface area contributed by atoms with Crippen LogP contribution < -0.4 is 0 Å². The van der Waals surface area contributed by atoms with E-state index in [1.54, 1.807) is 22.1 Å². The van der Waals surface area contributed by atoms with Gasteiger partial charge in [-0.2, -0.15) is 0 Å². The molecular weight excluding hydrogens is 346 g/mol. The second-order valence-corrected chi connectivity index (χ2v) is 8.23. The van der Waals surface area contributed by atoms with Crippen LogP contribution in [0.2, 0.25) is 0 Å². The third-order valence-electron chi connectivity index (χ3n) is 4.68. The van der Waals surface area contributed by atoms with Gasteiger partial charge in [-0.3, -0.25) is 0 Å². The smallest absolute Gasteiger partial charge is 0.410 e. The van der Waals surface area contributed by atoms with Gasteiger partial charge in [0, 0.05) is 51.7 Å². The highest BCUT2D eigenvalue weighted by Gasteiger charge is 2.35. The molecule has 2 heterocycles. The topological polar surface area (TPSA) is 62.3 Å². The van der Waals surface area contributed by atoms with Crippen LogP contribution in [-0.2, 0) is 9.57 Å². The van der Waals surface area contributed by atoms with E-state index in [9.17, 15) is 9.59 Å². The van der Waals surface area contributed by atoms with E-state index in [4.69, 9.17) is 9.57 Å². The molecule has 2 aliphatic rings. The molecule has 1 amide bonds. The summed E-state index contributed by atoms with van der Waals surface area (Å²) in [7, 11) is 0. The van der Waals surface area contributed by atoms with Gasteiger partial charge < -0.3 is 19.4 Å². The van der Waals surface area contributed by atoms with Crippen LogP contribution in [0.5, 0.6) is 0 Å². The van der Waals surface area contributed by atoms with E-state index in [1.165, 1.54) is 0 Å². The number of nitrogens with zero attached hydrogens (tertiary/aromatic N) is 3. The first-order chi connectivity index (χ1) is 12.8. The number of hydrogen-bond donors (Lipinski definition) is 0. The van der Waals surface area contributed by atoms with Crippen molar-refractivity contribution in [1.82, 2.24) is 14.9 Å². The maximum absolute atomic E-state index is 12.1. The number of rotatable bonds is 4. The quantitative estimate of drug-likeness (QED) is 0.804. The van der Waals surface area contributed by atoms with E-state index in [-0.39, 0.29) is 12.1 Å². The number of carbonyl (C=O) groups is 2. The first-order valence-corrected chi connectivity index (χ1v) is 9.53. The molecule has 27 heavy (non-hydrogen) atoms. The molecule has 0 saturated carbocycles. The third kappa shape index (κ3) is 5.68. The fraction of sp³-hybridized carbons (Fsp3) is 0.600. The lowest BCUT2D eigenvalue weighted by Gasteiger charge is -2.43. The van der Waals surface area contributed by atoms with Crippen LogP contribution in [0.4, 0.5) is 4.79 Å². The van der Waals surface area contributed by atoms with E-state index in [2.05, 4.69) is 4.90 Å². The molecule has 0 bridgehead atoms. The maximum atomic E-state index is 12.1. The van der Waals surface area contributed by atoms with Crippen LogP contribution in [0.3, 0.4) is 0 Å². The van der Waals surface area contributed by atoms with Gasteiger partial charge in [0.15, 0.2) is 0 Å². The minimum atomic E-state index is -0.449. The number of benzene rings is 1. The molecule has 2 saturated heterocycles. The summed E-state index contributed by atoms with van der Waals surface area (Å²) in [6, 6.07) is 9.04. The van der Waals surface area contributed by atoms with Gasteiger partial charge in [-0.1, -0.05) is 18.2 Å². The van der Waals surface area contributed by atoms with Crippen molar-refractivity contribution in [2.75, 3.05) is 45.8 Å². The maximum Gasteiger partial charge on any atom is 0.410 e. The van der Waals surface area contributed by atoms with Gasteiger partial charge in [0.1, 0.15) is 5.60 Å². The van der Waals surface area contributed by atoms with Crippen molar-refractivity contribution < 1.29 is 19.2 Å². The minimum Gasteiger partial charge on any atom is -0.444 e. The van der Waals surface area contributed by atoms with Crippen molar-refractivity contribution in [3.05, 3.63) is 35.9 Å². The Morgan fingerprint density at radius 2 is 1.67 bits per heavy atom. The van der Waals surface area contributed by atoms with Crippen molar-refractivity contribution in [1.29, 1.82) is 0 Å². The largest absolute Gasteiger partial charge is 0.444 e. The summed E-state index contributed by atoms with van der Waals surface area (Å²) in [6.45, 7) is 11.2. The number of piperazine rings is 1. The average molecular weight is 375 g/mol. The Hall–Kier alpha value is -2.12. The predicted octanol–water partition coefficient (Wildman–Crippen LogP) is 2.24. The molecule has 2 fully saturated rings. The van der Waals surface area contributed by atoms with Crippen LogP contribution in [0.1, 0.15) is 31.1 Å². The Kier molecular flexibility index (Phi) is 6.01. The molecule has 1 aromatic carbocycles. The Morgan fingerprint density at radius 3 is 2.26 bits per heavy atom. The fourth-order valence-corrected chi connectivity index (χ4v) is 3.27. The van der Waals surface area contributed by atoms with Gasteiger partial charge in [0.25, 0.3) is 0 Å². The molecule has 1 aromatic rings. The van der Waals surface area contributed by atoms with Gasteiger partial charge in [0.05, 0.1) is 5.56 Å². The predicted molar refractivity (Wildman–Crippen MR) is 101 cm³/mol. The molecular formula is C20H29N3O4. The Morgan fingerprint density at radius 1 is 1.04 bits per heavy atom. The van der Waals surface area contributed by atoms with E-state index in [0.29, 0.717) is 24.6 Å². The molecule has 7 nitrogen and oxygen atoms in total. The Balaban J connectivity index is 1.34. The number of carbonyl (C=O) groups excluding carboxylic acids is 2. The summed E-state index contributed by atoms with van der Waals surface area (Å²) in [5.74, 6) is 0.173. The van der Waals surface area contributed by atoms with Crippen LogP contribution in [-0.4, -0.2) is 78.3 Å². The standard InChI is InChI=1S/C20H29N3O4/c1-20(2,3)26-19(25)22-14-16(15-22)13-21-9-11-23(12-10-21)27-18(24)17-7-5-4-6-8-17/h4-8,16H,9-15H2,1-3H3. The zero-order valence-electron chi connectivity index (χ0n) is 16.4. The minimum absolute atomic E-state index is 0.226. The normalized spacial score (nSPS) is 19.4. The first-order valence-electron chi connectivity index (χ1n) is 9.53. The average Bonchev–Trinajstić information content (AvgIpc) is 2.58. The molecule has 7 heteroatoms. The lowest BCUT2D eigenvalue weighted by Crippen LogP contribution is -2.57. The third-order valence-corrected chi connectivity index (χ3v) is 4.68. The van der Waals surface area contributed by atoms with Crippen molar-refractivity contribution in [2.45, 2.75) is 26.4 Å². The number of hydrogen-bond acceptors (Lipinski definition) is 6. The summed E-state index contributed by atoms with van der Waals surface area (Å²) in [5.41, 5.74) is 0.118. The molecule has 3 rings (SSSR count). The van der Waals surface area contributed by atoms with Crippen LogP contribution in [0.25, 0.3) is 0 Å². The molecule has 0 radical (unpaired) electrons. The van der Waals surface area contributed by atoms with Crippen LogP contribution in [0, 0.1) is 5.92 Å². The van der Waals surface area contributed by atoms with Gasteiger partial charge in [-0.25, -0.2) is 9.59 Å². The number of likely N-dealkylation sites (tertiary alicyclic amines) is 1. The van der Waals surface area contributed by atoms with Crippen molar-refractivity contribution in [3.63, 3.8) is 0 Å². The molecule has 0 atom stereocenters. The van der Waals surface area contributed by atoms with Crippen LogP contribution in [0.15, 0.2) is 30.3 Å². The lowest BCUT2D eigenvalue weighted by molar-refractivity contribution is -0.132. The van der Waals surface area contributed by atoms with Gasteiger partial charge in [-0.05, 0) is 32.9 Å². The molecule has 0 aliphatic carbocycles. The van der Waals surface area contributed by atoms with Gasteiger partial charge in [0.2, 0.25) is 0 Å². The number of ether oxygens (including phenoxy) is 1. The van der Waals surface area contributed by atoms with E-state index >= 15 is 0 Å². The van der Waals surface area contributed by atoms with Crippen LogP contribution >= 0.6 is 0 Å². The molecule has 0 spiro atoms. The lowest BCUT2D eigenvalue weighted by atomic mass is 10.00. The summed E-state index contributed by atoms with van der Waals surface area (Å²) < 4.78 is 5.39. The summed E-state index contributed by atoms with van der Waals surface area (Å²) in [5, 5.41) is 1.74. The molecule has 0 N–H and O–H groups in total. The van der Waals surface area contributed by atoms with E-state index < -0.39 is 5.60 Å². The highest BCUT2D eigenvalue weighted by Crippen LogP contribution is 2.21. The number of amides is 1. The SMILES string of the molecule is CC(C)(C)OC(=O)N1CC(CN2CCN(OC(=O)c3ccccc3)CC2)C1.